The average molecular weight is 279 g/mol. The Morgan fingerprint density at radius 2 is 1.67 bits per heavy atom. The summed E-state index contributed by atoms with van der Waals surface area (Å²) in [5.41, 5.74) is 4.16. The van der Waals surface area contributed by atoms with Gasteiger partial charge in [0.25, 0.3) is 5.91 Å². The van der Waals surface area contributed by atoms with Crippen LogP contribution in [0.3, 0.4) is 0 Å². The van der Waals surface area contributed by atoms with Crippen LogP contribution in [0.25, 0.3) is 11.1 Å². The Morgan fingerprint density at radius 3 is 2.33 bits per heavy atom. The summed E-state index contributed by atoms with van der Waals surface area (Å²) >= 11 is 0. The van der Waals surface area contributed by atoms with Crippen molar-refractivity contribution in [2.75, 3.05) is 6.54 Å². The minimum absolute atomic E-state index is 0.127. The SMILES string of the molecule is CC(C)(C)N1CCc2ccc(-c3ccccc3)cc2C1=O. The molecule has 0 saturated carbocycles. The maximum absolute atomic E-state index is 12.8. The van der Waals surface area contributed by atoms with Crippen molar-refractivity contribution in [2.45, 2.75) is 32.7 Å². The van der Waals surface area contributed by atoms with Crippen molar-refractivity contribution in [1.82, 2.24) is 4.90 Å². The van der Waals surface area contributed by atoms with E-state index in [2.05, 4.69) is 45.0 Å². The van der Waals surface area contributed by atoms with Gasteiger partial charge in [0, 0.05) is 17.6 Å². The van der Waals surface area contributed by atoms with Crippen molar-refractivity contribution >= 4 is 5.91 Å². The zero-order valence-electron chi connectivity index (χ0n) is 12.9. The standard InChI is InChI=1S/C19H21NO/c1-19(2,3)20-12-11-15-9-10-16(13-17(15)18(20)21)14-7-5-4-6-8-14/h4-10,13H,11-12H2,1-3H3. The van der Waals surface area contributed by atoms with Crippen LogP contribution in [0.15, 0.2) is 48.5 Å². The molecule has 1 aliphatic heterocycles. The molecule has 0 bridgehead atoms. The molecule has 108 valence electrons. The van der Waals surface area contributed by atoms with Crippen LogP contribution >= 0.6 is 0 Å². The molecule has 0 N–H and O–H groups in total. The Bertz CT molecular complexity index is 668. The van der Waals surface area contributed by atoms with Crippen LogP contribution in [-0.2, 0) is 6.42 Å². The first-order chi connectivity index (χ1) is 9.97. The molecular formula is C19H21NO. The zero-order valence-corrected chi connectivity index (χ0v) is 12.9. The number of hydrogen-bond acceptors (Lipinski definition) is 1. The Hall–Kier alpha value is -2.09. The summed E-state index contributed by atoms with van der Waals surface area (Å²) in [7, 11) is 0. The predicted molar refractivity (Wildman–Crippen MR) is 86.4 cm³/mol. The van der Waals surface area contributed by atoms with Gasteiger partial charge in [-0.15, -0.1) is 0 Å². The van der Waals surface area contributed by atoms with Gasteiger partial charge in [0.1, 0.15) is 0 Å². The number of amides is 1. The van der Waals surface area contributed by atoms with Crippen LogP contribution in [-0.4, -0.2) is 22.9 Å². The highest BCUT2D eigenvalue weighted by Crippen LogP contribution is 2.29. The van der Waals surface area contributed by atoms with Crippen molar-refractivity contribution in [3.05, 3.63) is 59.7 Å². The molecule has 1 aliphatic rings. The van der Waals surface area contributed by atoms with Gasteiger partial charge < -0.3 is 4.90 Å². The molecular weight excluding hydrogens is 258 g/mol. The fourth-order valence-corrected chi connectivity index (χ4v) is 2.92. The number of nitrogens with zero attached hydrogens (tertiary/aromatic N) is 1. The highest BCUT2D eigenvalue weighted by Gasteiger charge is 2.31. The number of carbonyl (C=O) groups excluding carboxylic acids is 1. The molecule has 0 aliphatic carbocycles. The van der Waals surface area contributed by atoms with Crippen molar-refractivity contribution in [2.24, 2.45) is 0 Å². The third-order valence-corrected chi connectivity index (χ3v) is 4.11. The molecule has 1 heterocycles. The second-order valence-electron chi connectivity index (χ2n) is 6.62. The Morgan fingerprint density at radius 1 is 0.952 bits per heavy atom. The number of hydrogen-bond donors (Lipinski definition) is 0. The number of carbonyl (C=O) groups is 1. The van der Waals surface area contributed by atoms with Gasteiger partial charge in [0.15, 0.2) is 0 Å². The molecule has 0 aromatic heterocycles. The van der Waals surface area contributed by atoms with Gasteiger partial charge in [-0.25, -0.2) is 0 Å². The summed E-state index contributed by atoms with van der Waals surface area (Å²) < 4.78 is 0. The fraction of sp³-hybridized carbons (Fsp3) is 0.316. The summed E-state index contributed by atoms with van der Waals surface area (Å²) in [4.78, 5) is 14.7. The van der Waals surface area contributed by atoms with E-state index in [0.717, 1.165) is 29.7 Å². The molecule has 3 rings (SSSR count). The summed E-state index contributed by atoms with van der Waals surface area (Å²) in [5.74, 6) is 0.154. The van der Waals surface area contributed by atoms with E-state index in [0.29, 0.717) is 0 Å². The second-order valence-corrected chi connectivity index (χ2v) is 6.62. The first kappa shape index (κ1) is 13.9. The highest BCUT2D eigenvalue weighted by atomic mass is 16.2. The summed E-state index contributed by atoms with van der Waals surface area (Å²) in [6.45, 7) is 7.09. The van der Waals surface area contributed by atoms with Crippen LogP contribution in [0.5, 0.6) is 0 Å². The van der Waals surface area contributed by atoms with Gasteiger partial charge in [-0.2, -0.15) is 0 Å². The number of rotatable bonds is 1. The van der Waals surface area contributed by atoms with Crippen LogP contribution in [0.2, 0.25) is 0 Å². The van der Waals surface area contributed by atoms with Gasteiger partial charge in [-0.1, -0.05) is 42.5 Å². The quantitative estimate of drug-likeness (QED) is 0.768. The van der Waals surface area contributed by atoms with Crippen LogP contribution in [0.4, 0.5) is 0 Å². The van der Waals surface area contributed by atoms with Crippen LogP contribution in [0, 0.1) is 0 Å². The lowest BCUT2D eigenvalue weighted by molar-refractivity contribution is 0.0562. The van der Waals surface area contributed by atoms with E-state index >= 15 is 0 Å². The van der Waals surface area contributed by atoms with E-state index < -0.39 is 0 Å². The molecule has 0 fully saturated rings. The van der Waals surface area contributed by atoms with E-state index in [4.69, 9.17) is 0 Å². The third-order valence-electron chi connectivity index (χ3n) is 4.11. The zero-order chi connectivity index (χ0) is 15.0. The lowest BCUT2D eigenvalue weighted by atomic mass is 9.91. The topological polar surface area (TPSA) is 20.3 Å². The molecule has 0 saturated heterocycles. The Kier molecular flexibility index (Phi) is 3.32. The number of fused-ring (bicyclic) bond motifs is 1. The van der Waals surface area contributed by atoms with Crippen LogP contribution in [0.1, 0.15) is 36.7 Å². The first-order valence-electron chi connectivity index (χ1n) is 7.47. The Labute approximate surface area is 126 Å². The first-order valence-corrected chi connectivity index (χ1v) is 7.47. The second kappa shape index (κ2) is 5.03. The van der Waals surface area contributed by atoms with Gasteiger partial charge in [-0.05, 0) is 49.9 Å². The van der Waals surface area contributed by atoms with Gasteiger partial charge >= 0.3 is 0 Å². The molecule has 0 unspecified atom stereocenters. The summed E-state index contributed by atoms with van der Waals surface area (Å²) in [6, 6.07) is 16.5. The van der Waals surface area contributed by atoms with E-state index in [1.54, 1.807) is 0 Å². The third kappa shape index (κ3) is 2.58. The highest BCUT2D eigenvalue weighted by molar-refractivity contribution is 5.98. The molecule has 1 amide bonds. The molecule has 2 aromatic carbocycles. The van der Waals surface area contributed by atoms with Gasteiger partial charge in [0.2, 0.25) is 0 Å². The smallest absolute Gasteiger partial charge is 0.254 e. The normalized spacial score (nSPS) is 15.0. The average Bonchev–Trinajstić information content (AvgIpc) is 2.47. The van der Waals surface area contributed by atoms with Crippen molar-refractivity contribution < 1.29 is 4.79 Å². The van der Waals surface area contributed by atoms with Gasteiger partial charge in [0.05, 0.1) is 0 Å². The molecule has 2 heteroatoms. The maximum atomic E-state index is 12.8. The monoisotopic (exact) mass is 279 g/mol. The van der Waals surface area contributed by atoms with Gasteiger partial charge in [-0.3, -0.25) is 4.79 Å². The lowest BCUT2D eigenvalue weighted by Crippen LogP contribution is -2.49. The molecule has 0 radical (unpaired) electrons. The van der Waals surface area contributed by atoms with Crippen molar-refractivity contribution in [3.8, 4) is 11.1 Å². The van der Waals surface area contributed by atoms with E-state index in [9.17, 15) is 4.79 Å². The number of benzene rings is 2. The van der Waals surface area contributed by atoms with E-state index in [1.165, 1.54) is 5.56 Å². The predicted octanol–water partition coefficient (Wildman–Crippen LogP) is 4.15. The van der Waals surface area contributed by atoms with E-state index in [-0.39, 0.29) is 11.4 Å². The maximum Gasteiger partial charge on any atom is 0.254 e. The molecule has 0 spiro atoms. The van der Waals surface area contributed by atoms with E-state index in [1.807, 2.05) is 29.2 Å². The lowest BCUT2D eigenvalue weighted by Gasteiger charge is -2.39. The molecule has 2 aromatic rings. The fourth-order valence-electron chi connectivity index (χ4n) is 2.92. The molecule has 2 nitrogen and oxygen atoms in total. The summed E-state index contributed by atoms with van der Waals surface area (Å²) in [6.07, 6.45) is 0.938. The minimum atomic E-state index is -0.127. The molecule has 0 atom stereocenters. The van der Waals surface area contributed by atoms with Crippen molar-refractivity contribution in [3.63, 3.8) is 0 Å². The largest absolute Gasteiger partial charge is 0.333 e. The summed E-state index contributed by atoms with van der Waals surface area (Å²) in [5, 5.41) is 0. The van der Waals surface area contributed by atoms with Crippen LogP contribution < -0.4 is 0 Å². The Balaban J connectivity index is 2.03. The van der Waals surface area contributed by atoms with Crippen molar-refractivity contribution in [1.29, 1.82) is 0 Å². The minimum Gasteiger partial charge on any atom is -0.333 e. The molecule has 21 heavy (non-hydrogen) atoms.